The van der Waals surface area contributed by atoms with E-state index in [0.29, 0.717) is 0 Å². The minimum atomic E-state index is -0.0614. The van der Waals surface area contributed by atoms with Gasteiger partial charge in [-0.15, -0.1) is 0 Å². The molecule has 2 aromatic heterocycles. The first-order valence-electron chi connectivity index (χ1n) is 13.8. The molecule has 2 aliphatic heterocycles. The monoisotopic (exact) mass is 510 g/mol. The van der Waals surface area contributed by atoms with Gasteiger partial charge in [-0.1, -0.05) is 78.9 Å². The highest BCUT2D eigenvalue weighted by Gasteiger charge is 2.37. The summed E-state index contributed by atoms with van der Waals surface area (Å²) in [5.74, 6) is 0. The zero-order chi connectivity index (χ0) is 25.9. The van der Waals surface area contributed by atoms with E-state index in [1.54, 1.807) is 0 Å². The largest absolute Gasteiger partial charge is 0.358 e. The van der Waals surface area contributed by atoms with Crippen LogP contribution in [0.3, 0.4) is 0 Å². The highest BCUT2D eigenvalue weighted by Crippen LogP contribution is 2.50. The first kappa shape index (κ1) is 20.6. The Morgan fingerprint density at radius 1 is 0.600 bits per heavy atom. The molecule has 0 amide bonds. The second kappa shape index (κ2) is 7.19. The first-order valence-corrected chi connectivity index (χ1v) is 13.8. The Morgan fingerprint density at radius 3 is 2.30 bits per heavy atom. The van der Waals surface area contributed by atoms with Gasteiger partial charge in [-0.2, -0.15) is 0 Å². The number of nitrogens with zero attached hydrogens (tertiary/aromatic N) is 3. The fourth-order valence-corrected chi connectivity index (χ4v) is 7.26. The molecule has 1 atom stereocenters. The molecule has 0 bridgehead atoms. The molecule has 4 nitrogen and oxygen atoms in total. The van der Waals surface area contributed by atoms with E-state index in [-0.39, 0.29) is 6.17 Å². The van der Waals surface area contributed by atoms with Gasteiger partial charge in [-0.25, -0.2) is 4.99 Å². The van der Waals surface area contributed by atoms with Crippen LogP contribution in [0.4, 0.5) is 11.4 Å². The van der Waals surface area contributed by atoms with Crippen LogP contribution in [-0.4, -0.2) is 14.8 Å². The van der Waals surface area contributed by atoms with Crippen molar-refractivity contribution in [1.29, 1.82) is 0 Å². The van der Waals surface area contributed by atoms with Gasteiger partial charge in [-0.05, 0) is 53.2 Å². The number of aliphatic imine (C=N–C) groups is 1. The second-order valence-electron chi connectivity index (χ2n) is 10.8. The van der Waals surface area contributed by atoms with Gasteiger partial charge >= 0.3 is 0 Å². The second-order valence-corrected chi connectivity index (χ2v) is 10.8. The molecule has 8 aromatic rings. The standard InChI is InChI=1S/C36H22N4/c1-2-11-22(12-3-1)39-29-17-9-6-14-24(29)25-18-19-30-32(34(25)39)31-23-13-5-4-10-21(23)20-26-33-36(40(30)35(26)31)38-28-16-8-7-15-27(28)37-33/h1-20,36,38H. The van der Waals surface area contributed by atoms with Crippen molar-refractivity contribution in [2.75, 3.05) is 5.32 Å². The van der Waals surface area contributed by atoms with Crippen LogP contribution in [0.2, 0.25) is 0 Å². The summed E-state index contributed by atoms with van der Waals surface area (Å²) in [5, 5.41) is 11.5. The number of hydrogen-bond donors (Lipinski definition) is 1. The summed E-state index contributed by atoms with van der Waals surface area (Å²) in [6.07, 6.45) is -0.0614. The maximum absolute atomic E-state index is 5.22. The number of rotatable bonds is 1. The molecular formula is C36H22N4. The van der Waals surface area contributed by atoms with Crippen molar-refractivity contribution >= 4 is 71.5 Å². The first-order chi connectivity index (χ1) is 19.9. The molecule has 40 heavy (non-hydrogen) atoms. The molecule has 0 aliphatic carbocycles. The third-order valence-corrected chi connectivity index (χ3v) is 8.83. The van der Waals surface area contributed by atoms with Crippen LogP contribution in [0.25, 0.3) is 60.1 Å². The van der Waals surface area contributed by atoms with Crippen LogP contribution >= 0.6 is 0 Å². The lowest BCUT2D eigenvalue weighted by molar-refractivity contribution is 0.779. The Labute approximate surface area is 229 Å². The number of benzene rings is 6. The molecule has 0 fully saturated rings. The van der Waals surface area contributed by atoms with Crippen molar-refractivity contribution in [2.45, 2.75) is 6.17 Å². The number of hydrogen-bond acceptors (Lipinski definition) is 2. The molecule has 0 spiro atoms. The van der Waals surface area contributed by atoms with E-state index < -0.39 is 0 Å². The van der Waals surface area contributed by atoms with E-state index in [1.165, 1.54) is 65.6 Å². The van der Waals surface area contributed by atoms with Gasteiger partial charge in [-0.3, -0.25) is 0 Å². The number of aromatic nitrogens is 2. The van der Waals surface area contributed by atoms with Crippen molar-refractivity contribution in [1.82, 2.24) is 9.13 Å². The van der Waals surface area contributed by atoms with Crippen molar-refractivity contribution in [3.05, 3.63) is 127 Å². The van der Waals surface area contributed by atoms with Gasteiger partial charge in [0.1, 0.15) is 6.17 Å². The van der Waals surface area contributed by atoms with Crippen molar-refractivity contribution in [3.63, 3.8) is 0 Å². The van der Waals surface area contributed by atoms with Gasteiger partial charge in [0.15, 0.2) is 0 Å². The van der Waals surface area contributed by atoms with Crippen LogP contribution < -0.4 is 5.32 Å². The van der Waals surface area contributed by atoms with Gasteiger partial charge in [0, 0.05) is 32.8 Å². The SMILES string of the molecule is c1ccc(-n2c3ccccc3c3ccc4c(c5c6ccccc6cc6c5n4C4Nc5ccccc5N=C64)c32)cc1. The summed E-state index contributed by atoms with van der Waals surface area (Å²) in [5.41, 5.74) is 10.5. The zero-order valence-corrected chi connectivity index (χ0v) is 21.5. The molecule has 4 heterocycles. The summed E-state index contributed by atoms with van der Waals surface area (Å²) in [7, 11) is 0. The number of anilines is 1. The third-order valence-electron chi connectivity index (χ3n) is 8.83. The Hall–Kier alpha value is -5.35. The summed E-state index contributed by atoms with van der Waals surface area (Å²) in [6.45, 7) is 0. The van der Waals surface area contributed by atoms with Crippen molar-refractivity contribution < 1.29 is 0 Å². The minimum absolute atomic E-state index is 0.0614. The molecule has 4 heteroatoms. The van der Waals surface area contributed by atoms with Gasteiger partial charge in [0.2, 0.25) is 0 Å². The Morgan fingerprint density at radius 2 is 1.38 bits per heavy atom. The third kappa shape index (κ3) is 2.40. The summed E-state index contributed by atoms with van der Waals surface area (Å²) < 4.78 is 4.95. The van der Waals surface area contributed by atoms with E-state index in [4.69, 9.17) is 4.99 Å². The van der Waals surface area contributed by atoms with Crippen LogP contribution in [0.15, 0.2) is 126 Å². The molecular weight excluding hydrogens is 488 g/mol. The van der Waals surface area contributed by atoms with Gasteiger partial charge in [0.05, 0.1) is 39.2 Å². The van der Waals surface area contributed by atoms with Crippen LogP contribution in [-0.2, 0) is 0 Å². The number of fused-ring (bicyclic) bond motifs is 13. The highest BCUT2D eigenvalue weighted by molar-refractivity contribution is 6.36. The zero-order valence-electron chi connectivity index (χ0n) is 21.5. The molecule has 0 saturated carbocycles. The summed E-state index contributed by atoms with van der Waals surface area (Å²) >= 11 is 0. The topological polar surface area (TPSA) is 34.2 Å². The Balaban J connectivity index is 1.47. The fourth-order valence-electron chi connectivity index (χ4n) is 7.26. The quantitative estimate of drug-likeness (QED) is 0.235. The lowest BCUT2D eigenvalue weighted by Crippen LogP contribution is -2.24. The molecule has 186 valence electrons. The predicted molar refractivity (Wildman–Crippen MR) is 167 cm³/mol. The van der Waals surface area contributed by atoms with Crippen LogP contribution in [0, 0.1) is 0 Å². The number of para-hydroxylation sites is 4. The average Bonchev–Trinajstić information content (AvgIpc) is 3.64. The van der Waals surface area contributed by atoms with E-state index in [0.717, 1.165) is 17.1 Å². The molecule has 2 aliphatic rings. The normalized spacial score (nSPS) is 15.6. The Kier molecular flexibility index (Phi) is 3.70. The van der Waals surface area contributed by atoms with E-state index in [1.807, 2.05) is 0 Å². The van der Waals surface area contributed by atoms with Crippen molar-refractivity contribution in [3.8, 4) is 5.69 Å². The maximum atomic E-state index is 5.22. The molecule has 0 saturated heterocycles. The van der Waals surface area contributed by atoms with Crippen molar-refractivity contribution in [2.24, 2.45) is 4.99 Å². The molecule has 1 N–H and O–H groups in total. The summed E-state index contributed by atoms with van der Waals surface area (Å²) in [6, 6.07) is 43.7. The van der Waals surface area contributed by atoms with Gasteiger partial charge in [0.25, 0.3) is 0 Å². The van der Waals surface area contributed by atoms with E-state index in [2.05, 4.69) is 136 Å². The fraction of sp³-hybridized carbons (Fsp3) is 0.0278. The molecule has 1 unspecified atom stereocenters. The molecule has 10 rings (SSSR count). The smallest absolute Gasteiger partial charge is 0.148 e. The lowest BCUT2D eigenvalue weighted by Gasteiger charge is -2.25. The highest BCUT2D eigenvalue weighted by atomic mass is 15.2. The number of nitrogens with one attached hydrogen (secondary N) is 1. The lowest BCUT2D eigenvalue weighted by atomic mass is 9.96. The van der Waals surface area contributed by atoms with E-state index in [9.17, 15) is 0 Å². The molecule has 0 radical (unpaired) electrons. The summed E-state index contributed by atoms with van der Waals surface area (Å²) in [4.78, 5) is 5.22. The Bertz CT molecular complexity index is 2410. The predicted octanol–water partition coefficient (Wildman–Crippen LogP) is 9.10. The van der Waals surface area contributed by atoms with E-state index >= 15 is 0 Å². The van der Waals surface area contributed by atoms with Gasteiger partial charge < -0.3 is 14.5 Å². The van der Waals surface area contributed by atoms with Crippen LogP contribution in [0.5, 0.6) is 0 Å². The maximum Gasteiger partial charge on any atom is 0.148 e. The molecule has 6 aromatic carbocycles. The minimum Gasteiger partial charge on any atom is -0.358 e. The van der Waals surface area contributed by atoms with Crippen LogP contribution in [0.1, 0.15) is 11.7 Å². The average molecular weight is 511 g/mol.